The highest BCUT2D eigenvalue weighted by Gasteiger charge is 2.57. The van der Waals surface area contributed by atoms with Gasteiger partial charge in [0, 0.05) is 67.7 Å². The molecule has 0 amide bonds. The summed E-state index contributed by atoms with van der Waals surface area (Å²) in [6.07, 6.45) is -0.564. The first-order valence-corrected chi connectivity index (χ1v) is 13.8. The van der Waals surface area contributed by atoms with Crippen molar-refractivity contribution in [3.63, 3.8) is 0 Å². The molecule has 5 heterocycles. The van der Waals surface area contributed by atoms with E-state index in [1.54, 1.807) is 7.11 Å². The Balaban J connectivity index is 1.64. The molecule has 10 heteroatoms. The summed E-state index contributed by atoms with van der Waals surface area (Å²) in [5, 5.41) is 11.7. The van der Waals surface area contributed by atoms with Crippen LogP contribution in [0.5, 0.6) is 0 Å². The van der Waals surface area contributed by atoms with Crippen molar-refractivity contribution in [3.8, 4) is 0 Å². The van der Waals surface area contributed by atoms with Crippen LogP contribution < -0.4 is 9.57 Å². The molecule has 39 heavy (non-hydrogen) atoms. The minimum absolute atomic E-state index is 0.100. The van der Waals surface area contributed by atoms with Gasteiger partial charge in [0.05, 0.1) is 28.7 Å². The molecule has 1 N–H and O–H groups in total. The van der Waals surface area contributed by atoms with Gasteiger partial charge in [0.2, 0.25) is 11.4 Å². The summed E-state index contributed by atoms with van der Waals surface area (Å²) in [6.45, 7) is 6.52. The fraction of sp³-hybridized carbons (Fsp3) is 0.655. The summed E-state index contributed by atoms with van der Waals surface area (Å²) in [5.74, 6) is 0.100. The van der Waals surface area contributed by atoms with Crippen LogP contribution in [0.1, 0.15) is 103 Å². The first-order chi connectivity index (χ1) is 18.5. The van der Waals surface area contributed by atoms with Crippen molar-refractivity contribution >= 4 is 0 Å². The molecule has 212 valence electrons. The van der Waals surface area contributed by atoms with Gasteiger partial charge in [-0.25, -0.2) is 0 Å². The third-order valence-electron chi connectivity index (χ3n) is 8.85. The fourth-order valence-electron chi connectivity index (χ4n) is 7.16. The summed E-state index contributed by atoms with van der Waals surface area (Å²) in [6, 6.07) is 2.48. The SMILES string of the molecule is CO[n+]1c2c(c3c(c1C1CCOCC1)C(c1ccc(C(F)(F)F)nc1)OC31CCOCC1)C(O)CC(C)(C)C2. The number of pyridine rings is 2. The van der Waals surface area contributed by atoms with Crippen molar-refractivity contribution in [1.29, 1.82) is 0 Å². The lowest BCUT2D eigenvalue weighted by Crippen LogP contribution is -2.54. The Morgan fingerprint density at radius 1 is 1.05 bits per heavy atom. The Hall–Kier alpha value is -2.27. The van der Waals surface area contributed by atoms with Crippen LogP contribution >= 0.6 is 0 Å². The number of aliphatic hydroxyl groups excluding tert-OH is 1. The molecule has 2 aromatic heterocycles. The van der Waals surface area contributed by atoms with Gasteiger partial charge < -0.3 is 19.3 Å². The Morgan fingerprint density at radius 3 is 2.36 bits per heavy atom. The van der Waals surface area contributed by atoms with Crippen LogP contribution in [0, 0.1) is 5.41 Å². The molecule has 2 saturated heterocycles. The highest BCUT2D eigenvalue weighted by molar-refractivity contribution is 5.52. The van der Waals surface area contributed by atoms with Crippen LogP contribution in [-0.4, -0.2) is 43.6 Å². The number of alkyl halides is 3. The van der Waals surface area contributed by atoms with Crippen LogP contribution in [-0.2, 0) is 32.4 Å². The molecule has 0 aromatic carbocycles. The summed E-state index contributed by atoms with van der Waals surface area (Å²) in [5.41, 5.74) is 3.36. The number of hydrogen-bond acceptors (Lipinski definition) is 6. The average molecular weight is 550 g/mol. The molecular formula is C29H36F3N2O5+. The zero-order valence-electron chi connectivity index (χ0n) is 22.6. The Kier molecular flexibility index (Phi) is 6.68. The first-order valence-electron chi connectivity index (χ1n) is 13.8. The average Bonchev–Trinajstić information content (AvgIpc) is 3.21. The fourth-order valence-corrected chi connectivity index (χ4v) is 7.16. The minimum Gasteiger partial charge on any atom is -0.388 e. The van der Waals surface area contributed by atoms with Gasteiger partial charge >= 0.3 is 6.18 Å². The molecule has 0 saturated carbocycles. The van der Waals surface area contributed by atoms with Crippen molar-refractivity contribution in [3.05, 3.63) is 57.7 Å². The van der Waals surface area contributed by atoms with Gasteiger partial charge in [0.1, 0.15) is 18.9 Å². The Morgan fingerprint density at radius 2 is 1.74 bits per heavy atom. The lowest BCUT2D eigenvalue weighted by atomic mass is 9.69. The summed E-state index contributed by atoms with van der Waals surface area (Å²) in [4.78, 5) is 9.88. The molecule has 7 nitrogen and oxygen atoms in total. The number of ether oxygens (including phenoxy) is 3. The number of hydrogen-bond donors (Lipinski definition) is 1. The van der Waals surface area contributed by atoms with E-state index in [9.17, 15) is 18.3 Å². The highest BCUT2D eigenvalue weighted by Crippen LogP contribution is 2.57. The standard InChI is InChI=1S/C29H36F3N2O5/c1-27(2)14-19-22(20(35)15-27)24-23(25(34(19)36-3)17-6-10-37-11-7-17)26(39-28(24)8-12-38-13-9-28)18-4-5-21(33-16-18)29(30,31)32/h4-5,16-17,20,26,35H,6-15H2,1-3H3/q+1. The minimum atomic E-state index is -4.53. The molecular weight excluding hydrogens is 513 g/mol. The van der Waals surface area contributed by atoms with E-state index in [4.69, 9.17) is 19.0 Å². The topological polar surface area (TPSA) is 73.9 Å². The number of nitrogens with zero attached hydrogens (tertiary/aromatic N) is 2. The second kappa shape index (κ2) is 9.68. The van der Waals surface area contributed by atoms with Gasteiger partial charge in [0.25, 0.3) is 0 Å². The van der Waals surface area contributed by atoms with E-state index in [2.05, 4.69) is 18.8 Å². The van der Waals surface area contributed by atoms with Crippen molar-refractivity contribution < 1.29 is 42.1 Å². The maximum atomic E-state index is 13.4. The summed E-state index contributed by atoms with van der Waals surface area (Å²) in [7, 11) is 1.64. The van der Waals surface area contributed by atoms with Crippen molar-refractivity contribution in [1.82, 2.24) is 4.98 Å². The molecule has 0 bridgehead atoms. The van der Waals surface area contributed by atoms with Crippen LogP contribution in [0.3, 0.4) is 0 Å². The normalized spacial score (nSPS) is 26.3. The molecule has 1 aliphatic carbocycles. The van der Waals surface area contributed by atoms with Gasteiger partial charge in [-0.3, -0.25) is 9.82 Å². The second-order valence-corrected chi connectivity index (χ2v) is 12.0. The van der Waals surface area contributed by atoms with E-state index >= 15 is 0 Å². The molecule has 2 aromatic rings. The highest BCUT2D eigenvalue weighted by atomic mass is 19.4. The van der Waals surface area contributed by atoms with E-state index in [0.29, 0.717) is 51.3 Å². The van der Waals surface area contributed by atoms with Gasteiger partial charge in [-0.15, -0.1) is 0 Å². The van der Waals surface area contributed by atoms with E-state index < -0.39 is 29.7 Å². The first kappa shape index (κ1) is 26.9. The van der Waals surface area contributed by atoms with Crippen molar-refractivity contribution in [2.24, 2.45) is 5.41 Å². The lowest BCUT2D eigenvalue weighted by Gasteiger charge is -2.39. The van der Waals surface area contributed by atoms with Crippen LogP contribution in [0.4, 0.5) is 13.2 Å². The zero-order valence-corrected chi connectivity index (χ0v) is 22.6. The maximum absolute atomic E-state index is 13.4. The molecule has 3 aliphatic heterocycles. The van der Waals surface area contributed by atoms with Gasteiger partial charge in [-0.1, -0.05) is 19.9 Å². The summed E-state index contributed by atoms with van der Waals surface area (Å²) >= 11 is 0. The predicted octanol–water partition coefficient (Wildman–Crippen LogP) is 4.47. The Bertz CT molecular complexity index is 1240. The molecule has 2 atom stereocenters. The molecule has 2 fully saturated rings. The Labute approximate surface area is 226 Å². The van der Waals surface area contributed by atoms with Crippen LogP contribution in [0.25, 0.3) is 0 Å². The van der Waals surface area contributed by atoms with Gasteiger partial charge in [-0.05, 0) is 30.7 Å². The molecule has 6 rings (SSSR count). The quantitative estimate of drug-likeness (QED) is 0.570. The summed E-state index contributed by atoms with van der Waals surface area (Å²) < 4.78 is 60.3. The number of aromatic nitrogens is 2. The van der Waals surface area contributed by atoms with Crippen LogP contribution in [0.2, 0.25) is 0 Å². The number of rotatable bonds is 3. The third kappa shape index (κ3) is 4.53. The second-order valence-electron chi connectivity index (χ2n) is 12.0. The van der Waals surface area contributed by atoms with Gasteiger partial charge in [-0.2, -0.15) is 13.2 Å². The third-order valence-corrected chi connectivity index (χ3v) is 8.85. The van der Waals surface area contributed by atoms with Crippen molar-refractivity contribution in [2.75, 3.05) is 33.5 Å². The molecule has 2 unspecified atom stereocenters. The van der Waals surface area contributed by atoms with E-state index in [1.807, 2.05) is 4.73 Å². The maximum Gasteiger partial charge on any atom is 0.433 e. The van der Waals surface area contributed by atoms with Crippen molar-refractivity contribution in [2.45, 2.75) is 82.3 Å². The monoisotopic (exact) mass is 549 g/mol. The molecule has 1 spiro atoms. The lowest BCUT2D eigenvalue weighted by molar-refractivity contribution is -0.897. The number of aliphatic hydroxyl groups is 1. The largest absolute Gasteiger partial charge is 0.433 e. The smallest absolute Gasteiger partial charge is 0.388 e. The molecule has 0 radical (unpaired) electrons. The van der Waals surface area contributed by atoms with Gasteiger partial charge in [0.15, 0.2) is 0 Å². The van der Waals surface area contributed by atoms with E-state index in [1.165, 1.54) is 12.3 Å². The van der Waals surface area contributed by atoms with E-state index in [0.717, 1.165) is 53.4 Å². The van der Waals surface area contributed by atoms with Crippen LogP contribution in [0.15, 0.2) is 18.3 Å². The zero-order chi connectivity index (χ0) is 27.6. The number of fused-ring (bicyclic) bond motifs is 4. The molecule has 4 aliphatic rings. The van der Waals surface area contributed by atoms with E-state index in [-0.39, 0.29) is 11.3 Å². The number of halogens is 3. The predicted molar refractivity (Wildman–Crippen MR) is 133 cm³/mol.